The molecule has 0 aromatic heterocycles. The quantitative estimate of drug-likeness (QED) is 0.831. The summed E-state index contributed by atoms with van der Waals surface area (Å²) in [7, 11) is 3.19. The number of carbonyl (C=O) groups is 1. The van der Waals surface area contributed by atoms with Crippen molar-refractivity contribution >= 4 is 17.4 Å². The number of ether oxygens (including phenoxy) is 2. The van der Waals surface area contributed by atoms with Gasteiger partial charge in [-0.05, 0) is 54.8 Å². The fourth-order valence-corrected chi connectivity index (χ4v) is 3.08. The van der Waals surface area contributed by atoms with Crippen LogP contribution in [0.2, 0.25) is 0 Å². The summed E-state index contributed by atoms with van der Waals surface area (Å²) < 4.78 is 10.5. The SMILES string of the molecule is COc1ccc(CNC(=O)Nc2ccc(N3CCCC3)cc2)cc1OC. The van der Waals surface area contributed by atoms with Gasteiger partial charge in [0.1, 0.15) is 0 Å². The van der Waals surface area contributed by atoms with E-state index in [1.807, 2.05) is 30.3 Å². The molecule has 6 heteroatoms. The number of hydrogen-bond acceptors (Lipinski definition) is 4. The van der Waals surface area contributed by atoms with Crippen molar-refractivity contribution in [3.63, 3.8) is 0 Å². The molecule has 1 aliphatic rings. The predicted molar refractivity (Wildman–Crippen MR) is 103 cm³/mol. The largest absolute Gasteiger partial charge is 0.493 e. The lowest BCUT2D eigenvalue weighted by atomic mass is 10.2. The lowest BCUT2D eigenvalue weighted by Gasteiger charge is -2.17. The van der Waals surface area contributed by atoms with Gasteiger partial charge < -0.3 is 25.0 Å². The Balaban J connectivity index is 1.52. The van der Waals surface area contributed by atoms with Gasteiger partial charge in [-0.3, -0.25) is 0 Å². The van der Waals surface area contributed by atoms with E-state index in [1.165, 1.54) is 18.5 Å². The maximum atomic E-state index is 12.1. The third kappa shape index (κ3) is 4.39. The van der Waals surface area contributed by atoms with E-state index >= 15 is 0 Å². The molecule has 2 N–H and O–H groups in total. The summed E-state index contributed by atoms with van der Waals surface area (Å²) in [6, 6.07) is 13.3. The third-order valence-corrected chi connectivity index (χ3v) is 4.50. The fourth-order valence-electron chi connectivity index (χ4n) is 3.08. The van der Waals surface area contributed by atoms with Crippen LogP contribution in [0.1, 0.15) is 18.4 Å². The molecule has 0 saturated carbocycles. The second kappa shape index (κ2) is 8.47. The molecule has 2 aromatic carbocycles. The van der Waals surface area contributed by atoms with Crippen molar-refractivity contribution in [3.8, 4) is 11.5 Å². The van der Waals surface area contributed by atoms with E-state index in [-0.39, 0.29) is 6.03 Å². The molecule has 0 aliphatic carbocycles. The van der Waals surface area contributed by atoms with E-state index in [2.05, 4.69) is 27.7 Å². The van der Waals surface area contributed by atoms with Crippen molar-refractivity contribution < 1.29 is 14.3 Å². The standard InChI is InChI=1S/C20H25N3O3/c1-25-18-10-5-15(13-19(18)26-2)14-21-20(24)22-16-6-8-17(9-7-16)23-11-3-4-12-23/h5-10,13H,3-4,11-12,14H2,1-2H3,(H2,21,22,24). The van der Waals surface area contributed by atoms with Crippen molar-refractivity contribution in [2.45, 2.75) is 19.4 Å². The molecule has 0 radical (unpaired) electrons. The minimum atomic E-state index is -0.242. The van der Waals surface area contributed by atoms with Crippen LogP contribution in [0.25, 0.3) is 0 Å². The number of urea groups is 1. The predicted octanol–water partition coefficient (Wildman–Crippen LogP) is 3.63. The van der Waals surface area contributed by atoms with Crippen LogP contribution in [-0.2, 0) is 6.54 Å². The van der Waals surface area contributed by atoms with Gasteiger partial charge in [-0.15, -0.1) is 0 Å². The zero-order chi connectivity index (χ0) is 18.4. The Hall–Kier alpha value is -2.89. The highest BCUT2D eigenvalue weighted by Crippen LogP contribution is 2.27. The second-order valence-electron chi connectivity index (χ2n) is 6.24. The van der Waals surface area contributed by atoms with Gasteiger partial charge in [-0.1, -0.05) is 6.07 Å². The minimum Gasteiger partial charge on any atom is -0.493 e. The van der Waals surface area contributed by atoms with Crippen molar-refractivity contribution in [3.05, 3.63) is 48.0 Å². The Morgan fingerprint density at radius 3 is 2.35 bits per heavy atom. The summed E-state index contributed by atoms with van der Waals surface area (Å²) in [4.78, 5) is 14.5. The van der Waals surface area contributed by atoms with Gasteiger partial charge in [0.2, 0.25) is 0 Å². The van der Waals surface area contributed by atoms with Gasteiger partial charge in [0.15, 0.2) is 11.5 Å². The number of amides is 2. The average Bonchev–Trinajstić information content (AvgIpc) is 3.21. The number of rotatable bonds is 6. The van der Waals surface area contributed by atoms with Gasteiger partial charge in [0.25, 0.3) is 0 Å². The molecule has 0 unspecified atom stereocenters. The van der Waals surface area contributed by atoms with Gasteiger partial charge >= 0.3 is 6.03 Å². The molecular formula is C20H25N3O3. The Morgan fingerprint density at radius 1 is 1.00 bits per heavy atom. The Kier molecular flexibility index (Phi) is 5.84. The first-order valence-corrected chi connectivity index (χ1v) is 8.80. The molecule has 2 aromatic rings. The lowest BCUT2D eigenvalue weighted by Crippen LogP contribution is -2.28. The number of hydrogen-bond donors (Lipinski definition) is 2. The minimum absolute atomic E-state index is 0.242. The highest BCUT2D eigenvalue weighted by Gasteiger charge is 2.12. The highest BCUT2D eigenvalue weighted by molar-refractivity contribution is 5.89. The Morgan fingerprint density at radius 2 is 1.69 bits per heavy atom. The topological polar surface area (TPSA) is 62.8 Å². The zero-order valence-electron chi connectivity index (χ0n) is 15.2. The van der Waals surface area contributed by atoms with Crippen LogP contribution in [0.4, 0.5) is 16.2 Å². The number of benzene rings is 2. The molecule has 6 nitrogen and oxygen atoms in total. The maximum absolute atomic E-state index is 12.1. The molecule has 2 amide bonds. The van der Waals surface area contributed by atoms with Crippen molar-refractivity contribution in [1.82, 2.24) is 5.32 Å². The summed E-state index contributed by atoms with van der Waals surface area (Å²) >= 11 is 0. The van der Waals surface area contributed by atoms with Crippen LogP contribution < -0.4 is 25.0 Å². The van der Waals surface area contributed by atoms with Crippen LogP contribution >= 0.6 is 0 Å². The molecule has 1 fully saturated rings. The first-order chi connectivity index (χ1) is 12.7. The van der Waals surface area contributed by atoms with Crippen LogP contribution in [-0.4, -0.2) is 33.3 Å². The molecule has 0 atom stereocenters. The number of anilines is 2. The van der Waals surface area contributed by atoms with Crippen LogP contribution in [0, 0.1) is 0 Å². The number of nitrogens with one attached hydrogen (secondary N) is 2. The van der Waals surface area contributed by atoms with E-state index in [4.69, 9.17) is 9.47 Å². The summed E-state index contributed by atoms with van der Waals surface area (Å²) in [6.45, 7) is 2.62. The van der Waals surface area contributed by atoms with Crippen LogP contribution in [0.15, 0.2) is 42.5 Å². The Labute approximate surface area is 154 Å². The molecule has 1 aliphatic heterocycles. The monoisotopic (exact) mass is 355 g/mol. The Bertz CT molecular complexity index is 740. The van der Waals surface area contributed by atoms with E-state index < -0.39 is 0 Å². The first-order valence-electron chi connectivity index (χ1n) is 8.80. The van der Waals surface area contributed by atoms with Crippen LogP contribution in [0.5, 0.6) is 11.5 Å². The molecule has 138 valence electrons. The molecule has 1 saturated heterocycles. The summed E-state index contributed by atoms with van der Waals surface area (Å²) in [5.41, 5.74) is 2.92. The molecule has 0 spiro atoms. The van der Waals surface area contributed by atoms with Gasteiger partial charge in [0, 0.05) is 31.0 Å². The van der Waals surface area contributed by atoms with Crippen molar-refractivity contribution in [2.75, 3.05) is 37.5 Å². The summed E-state index contributed by atoms with van der Waals surface area (Å²) in [5.74, 6) is 1.31. The summed E-state index contributed by atoms with van der Waals surface area (Å²) in [6.07, 6.45) is 2.50. The van der Waals surface area contributed by atoms with E-state index in [0.717, 1.165) is 24.3 Å². The molecule has 1 heterocycles. The second-order valence-corrected chi connectivity index (χ2v) is 6.24. The first kappa shape index (κ1) is 17.9. The zero-order valence-corrected chi connectivity index (χ0v) is 15.2. The van der Waals surface area contributed by atoms with E-state index in [9.17, 15) is 4.79 Å². The highest BCUT2D eigenvalue weighted by atomic mass is 16.5. The van der Waals surface area contributed by atoms with Crippen molar-refractivity contribution in [2.24, 2.45) is 0 Å². The molecule has 0 bridgehead atoms. The summed E-state index contributed by atoms with van der Waals surface area (Å²) in [5, 5.41) is 5.71. The van der Waals surface area contributed by atoms with Gasteiger partial charge in [-0.25, -0.2) is 4.79 Å². The molecular weight excluding hydrogens is 330 g/mol. The normalized spacial score (nSPS) is 13.4. The lowest BCUT2D eigenvalue weighted by molar-refractivity contribution is 0.251. The van der Waals surface area contributed by atoms with Gasteiger partial charge in [0.05, 0.1) is 14.2 Å². The maximum Gasteiger partial charge on any atom is 0.319 e. The average molecular weight is 355 g/mol. The smallest absolute Gasteiger partial charge is 0.319 e. The van der Waals surface area contributed by atoms with Crippen molar-refractivity contribution in [1.29, 1.82) is 0 Å². The van der Waals surface area contributed by atoms with Gasteiger partial charge in [-0.2, -0.15) is 0 Å². The van der Waals surface area contributed by atoms with Crippen LogP contribution in [0.3, 0.4) is 0 Å². The number of nitrogens with zero attached hydrogens (tertiary/aromatic N) is 1. The third-order valence-electron chi connectivity index (χ3n) is 4.50. The van der Waals surface area contributed by atoms with E-state index in [0.29, 0.717) is 18.0 Å². The van der Waals surface area contributed by atoms with E-state index in [1.54, 1.807) is 14.2 Å². The molecule has 26 heavy (non-hydrogen) atoms. The number of methoxy groups -OCH3 is 2. The molecule has 3 rings (SSSR count). The fraction of sp³-hybridized carbons (Fsp3) is 0.350. The number of carbonyl (C=O) groups excluding carboxylic acids is 1.